The van der Waals surface area contributed by atoms with Gasteiger partial charge in [0.1, 0.15) is 34.9 Å². The molecule has 0 aliphatic carbocycles. The second-order valence-electron chi connectivity index (χ2n) is 20.1. The van der Waals surface area contributed by atoms with Crippen LogP contribution in [0.4, 0.5) is 0 Å². The zero-order valence-electron chi connectivity index (χ0n) is 44.2. The normalized spacial score (nSPS) is 18.6. The third-order valence-corrected chi connectivity index (χ3v) is 14.8. The number of carbonyl (C=O) groups is 3. The number of nitrogens with zero attached hydrogens (tertiary/aromatic N) is 6. The van der Waals surface area contributed by atoms with Gasteiger partial charge in [0.2, 0.25) is 0 Å². The first kappa shape index (κ1) is 55.2. The fraction of sp³-hybridized carbons (Fsp3) is 0.284. The molecule has 6 aromatic rings. The molecule has 0 bridgehead atoms. The molecule has 2 unspecified atom stereocenters. The topological polar surface area (TPSA) is 132 Å². The molecule has 6 atom stereocenters. The van der Waals surface area contributed by atoms with Gasteiger partial charge in [-0.2, -0.15) is 15.8 Å². The number of benzene rings is 6. The van der Waals surface area contributed by atoms with Crippen molar-refractivity contribution in [2.45, 2.75) is 82.5 Å². The molecule has 9 rings (SSSR count). The van der Waals surface area contributed by atoms with E-state index < -0.39 is 0 Å². The van der Waals surface area contributed by atoms with E-state index in [-0.39, 0.29) is 52.2 Å². The van der Waals surface area contributed by atoms with Crippen LogP contribution in [0.1, 0.15) is 114 Å². The summed E-state index contributed by atoms with van der Waals surface area (Å²) in [5, 5.41) is 28.5. The predicted molar refractivity (Wildman–Crippen MR) is 302 cm³/mol. The van der Waals surface area contributed by atoms with E-state index in [1.165, 1.54) is 22.3 Å². The Morgan fingerprint density at radius 2 is 0.658 bits per heavy atom. The van der Waals surface area contributed by atoms with Crippen LogP contribution in [0.2, 0.25) is 0 Å². The maximum absolute atomic E-state index is 12.8. The van der Waals surface area contributed by atoms with Crippen molar-refractivity contribution < 1.29 is 14.4 Å². The van der Waals surface area contributed by atoms with E-state index in [9.17, 15) is 30.2 Å². The molecule has 0 saturated carbocycles. The lowest BCUT2D eigenvalue weighted by Gasteiger charge is -2.17. The highest BCUT2D eigenvalue weighted by Gasteiger charge is 2.32. The average Bonchev–Trinajstić information content (AvgIpc) is 4.30. The minimum absolute atomic E-state index is 0.0294. The van der Waals surface area contributed by atoms with Crippen molar-refractivity contribution in [1.82, 2.24) is 14.7 Å². The van der Waals surface area contributed by atoms with Crippen molar-refractivity contribution in [2.24, 2.45) is 0 Å². The van der Waals surface area contributed by atoms with Gasteiger partial charge in [-0.1, -0.05) is 220 Å². The number of likely N-dealkylation sites (tertiary alicyclic amines) is 3. The van der Waals surface area contributed by atoms with Crippen molar-refractivity contribution >= 4 is 17.7 Å². The Balaban J connectivity index is 0.000000166. The number of amides is 3. The quantitative estimate of drug-likeness (QED) is 0.0886. The van der Waals surface area contributed by atoms with Gasteiger partial charge in [-0.25, -0.2) is 0 Å². The van der Waals surface area contributed by atoms with Crippen LogP contribution in [0.15, 0.2) is 211 Å². The molecule has 0 N–H and O–H groups in total. The number of allylic oxidation sites excluding steroid dienone is 3. The monoisotopic (exact) mass is 1000 g/mol. The lowest BCUT2D eigenvalue weighted by atomic mass is 9.97. The molecule has 3 heterocycles. The molecule has 0 radical (unpaired) electrons. The van der Waals surface area contributed by atoms with Gasteiger partial charge in [-0.05, 0) is 59.6 Å². The van der Waals surface area contributed by atoms with Gasteiger partial charge in [0.15, 0.2) is 0 Å². The van der Waals surface area contributed by atoms with Gasteiger partial charge in [0.05, 0.1) is 0 Å². The molecule has 3 aliphatic rings. The van der Waals surface area contributed by atoms with E-state index in [4.69, 9.17) is 0 Å². The average molecular weight is 1010 g/mol. The first-order valence-electron chi connectivity index (χ1n) is 26.5. The SMILES string of the molecule is C[C@@H](/C=C(\C#N)C(=O)N1CC[C@@H](c2ccccc2)C1)c1ccccc1.C[C@H](/C=C(\C#N)C(=O)N1CC[C@@H](c2ccccc2)C1)c1ccccc1.Cc1ccc(C(C)/C=C(\C#N)C(=O)N2CCC(c3ccccc3)C2)cc1. The van der Waals surface area contributed by atoms with Gasteiger partial charge in [-0.3, -0.25) is 14.4 Å². The van der Waals surface area contributed by atoms with Crippen LogP contribution in [0, 0.1) is 40.9 Å². The highest BCUT2D eigenvalue weighted by Crippen LogP contribution is 2.32. The highest BCUT2D eigenvalue weighted by molar-refractivity contribution is 5.98. The minimum Gasteiger partial charge on any atom is -0.337 e. The summed E-state index contributed by atoms with van der Waals surface area (Å²) >= 11 is 0. The molecule has 9 heteroatoms. The summed E-state index contributed by atoms with van der Waals surface area (Å²) < 4.78 is 0. The first-order chi connectivity index (χ1) is 37.0. The van der Waals surface area contributed by atoms with Gasteiger partial charge in [0.25, 0.3) is 17.7 Å². The summed E-state index contributed by atoms with van der Waals surface area (Å²) in [4.78, 5) is 43.8. The fourth-order valence-corrected chi connectivity index (χ4v) is 10.2. The van der Waals surface area contributed by atoms with E-state index in [2.05, 4.69) is 78.9 Å². The first-order valence-corrected chi connectivity index (χ1v) is 26.5. The van der Waals surface area contributed by atoms with Crippen molar-refractivity contribution in [3.8, 4) is 18.2 Å². The van der Waals surface area contributed by atoms with Crippen LogP contribution in [-0.2, 0) is 14.4 Å². The highest BCUT2D eigenvalue weighted by atomic mass is 16.2. The Hall–Kier alpha value is -8.58. The molecule has 3 aliphatic heterocycles. The van der Waals surface area contributed by atoms with Gasteiger partial charge in [0, 0.05) is 74.8 Å². The van der Waals surface area contributed by atoms with Gasteiger partial charge in [-0.15, -0.1) is 0 Å². The lowest BCUT2D eigenvalue weighted by Crippen LogP contribution is -2.29. The minimum atomic E-state index is -0.149. The number of nitriles is 3. The zero-order valence-corrected chi connectivity index (χ0v) is 44.2. The molecule has 6 aromatic carbocycles. The second kappa shape index (κ2) is 27.6. The summed E-state index contributed by atoms with van der Waals surface area (Å²) in [7, 11) is 0. The van der Waals surface area contributed by atoms with Crippen LogP contribution in [0.5, 0.6) is 0 Å². The Labute approximate surface area is 450 Å². The van der Waals surface area contributed by atoms with Crippen LogP contribution in [-0.4, -0.2) is 71.7 Å². The second-order valence-corrected chi connectivity index (χ2v) is 20.1. The largest absolute Gasteiger partial charge is 0.337 e. The summed E-state index contributed by atoms with van der Waals surface area (Å²) in [6.45, 7) is 12.2. The van der Waals surface area contributed by atoms with E-state index in [0.29, 0.717) is 57.0 Å². The molecule has 0 spiro atoms. The summed E-state index contributed by atoms with van der Waals surface area (Å²) in [6.07, 6.45) is 8.21. The molecule has 3 amide bonds. The van der Waals surface area contributed by atoms with E-state index in [1.54, 1.807) is 18.2 Å². The molecule has 76 heavy (non-hydrogen) atoms. The van der Waals surface area contributed by atoms with Crippen LogP contribution in [0.25, 0.3) is 0 Å². The Bertz CT molecular complexity index is 2940. The van der Waals surface area contributed by atoms with Crippen LogP contribution in [0.3, 0.4) is 0 Å². The Morgan fingerprint density at radius 3 is 0.921 bits per heavy atom. The number of rotatable bonds is 12. The van der Waals surface area contributed by atoms with E-state index in [0.717, 1.165) is 36.0 Å². The molecule has 3 fully saturated rings. The van der Waals surface area contributed by atoms with Crippen LogP contribution >= 0.6 is 0 Å². The van der Waals surface area contributed by atoms with Crippen molar-refractivity contribution in [1.29, 1.82) is 15.8 Å². The molecule has 9 nitrogen and oxygen atoms in total. The lowest BCUT2D eigenvalue weighted by molar-refractivity contribution is -0.126. The predicted octanol–water partition coefficient (Wildman–Crippen LogP) is 13.1. The smallest absolute Gasteiger partial charge is 0.264 e. The third-order valence-electron chi connectivity index (χ3n) is 14.8. The molecular weight excluding hydrogens is 937 g/mol. The fourth-order valence-electron chi connectivity index (χ4n) is 10.2. The number of hydrogen-bond acceptors (Lipinski definition) is 6. The molecule has 384 valence electrons. The number of carbonyl (C=O) groups excluding carboxylic acids is 3. The maximum Gasteiger partial charge on any atom is 0.264 e. The summed E-state index contributed by atoms with van der Waals surface area (Å²) in [5.41, 5.74) is 9.03. The molecule has 3 saturated heterocycles. The van der Waals surface area contributed by atoms with Crippen molar-refractivity contribution in [3.63, 3.8) is 0 Å². The van der Waals surface area contributed by atoms with Gasteiger partial charge >= 0.3 is 0 Å². The summed E-state index contributed by atoms with van der Waals surface area (Å²) in [5.74, 6) is 0.724. The molecule has 0 aromatic heterocycles. The number of aryl methyl sites for hydroxylation is 1. The van der Waals surface area contributed by atoms with Crippen molar-refractivity contribution in [2.75, 3.05) is 39.3 Å². The maximum atomic E-state index is 12.8. The third kappa shape index (κ3) is 15.0. The summed E-state index contributed by atoms with van der Waals surface area (Å²) in [6, 6.07) is 65.3. The van der Waals surface area contributed by atoms with E-state index >= 15 is 0 Å². The standard InChI is InChI=1S/C23H24N2O.2C22H22N2O/c1-17-8-10-19(11-9-17)18(2)14-22(15-24)23(26)25-13-12-21(16-25)20-6-4-3-5-7-20;2*1-17(18-8-4-2-5-9-18)14-21(15-23)22(25)24-13-12-20(16-24)19-10-6-3-7-11-19/h3-11,14,18,21H,12-13,16H2,1-2H3;2*2-11,14,17,20H,12-13,16H2,1H3/b22-14+;2*21-14+/t;17-,20+;17-,20-/m.01/s1. The Kier molecular flexibility index (Phi) is 20.1. The Morgan fingerprint density at radius 1 is 0.408 bits per heavy atom. The van der Waals surface area contributed by atoms with Crippen LogP contribution < -0.4 is 0 Å². The van der Waals surface area contributed by atoms with Crippen molar-refractivity contribution in [3.05, 3.63) is 250 Å². The van der Waals surface area contributed by atoms with Gasteiger partial charge < -0.3 is 14.7 Å². The zero-order chi connectivity index (χ0) is 53.8. The molecular formula is C67H68N6O3. The van der Waals surface area contributed by atoms with E-state index in [1.807, 2.05) is 158 Å². The number of hydrogen-bond donors (Lipinski definition) is 0.